The summed E-state index contributed by atoms with van der Waals surface area (Å²) >= 11 is 0. The van der Waals surface area contributed by atoms with Gasteiger partial charge in [-0.3, -0.25) is 9.79 Å². The van der Waals surface area contributed by atoms with Gasteiger partial charge < -0.3 is 21.1 Å². The summed E-state index contributed by atoms with van der Waals surface area (Å²) in [6.45, 7) is 10.4. The van der Waals surface area contributed by atoms with E-state index >= 15 is 0 Å². The van der Waals surface area contributed by atoms with Gasteiger partial charge in [-0.05, 0) is 46.1 Å². The molecule has 2 unspecified atom stereocenters. The van der Waals surface area contributed by atoms with Crippen LogP contribution >= 0.6 is 24.0 Å². The second-order valence-electron chi connectivity index (χ2n) is 7.93. The van der Waals surface area contributed by atoms with Crippen LogP contribution in [-0.4, -0.2) is 38.1 Å². The van der Waals surface area contributed by atoms with Gasteiger partial charge in [0.15, 0.2) is 5.96 Å². The van der Waals surface area contributed by atoms with Crippen molar-refractivity contribution in [3.8, 4) is 0 Å². The number of halogens is 1. The van der Waals surface area contributed by atoms with E-state index in [9.17, 15) is 4.79 Å². The number of aryl methyl sites for hydroxylation is 1. The molecule has 1 saturated heterocycles. The zero-order valence-corrected chi connectivity index (χ0v) is 19.8. The summed E-state index contributed by atoms with van der Waals surface area (Å²) < 4.78 is 6.09. The van der Waals surface area contributed by atoms with Crippen molar-refractivity contribution in [2.75, 3.05) is 26.2 Å². The topological polar surface area (TPSA) is 88.7 Å². The minimum atomic E-state index is -0.666. The fraction of sp³-hybridized carbons (Fsp3) is 0.619. The Kier molecular flexibility index (Phi) is 10.2. The Morgan fingerprint density at radius 1 is 1.29 bits per heavy atom. The molecule has 158 valence electrons. The molecule has 1 fully saturated rings. The number of nitrogens with one attached hydrogen (secondary N) is 2. The number of carbonyl (C=O) groups is 1. The molecule has 1 aromatic rings. The van der Waals surface area contributed by atoms with Crippen molar-refractivity contribution >= 4 is 35.8 Å². The molecule has 2 atom stereocenters. The number of rotatable bonds is 7. The van der Waals surface area contributed by atoms with Gasteiger partial charge in [0.1, 0.15) is 0 Å². The number of nitrogens with zero attached hydrogens (tertiary/aromatic N) is 1. The van der Waals surface area contributed by atoms with Crippen LogP contribution in [0.15, 0.2) is 29.3 Å². The van der Waals surface area contributed by atoms with Gasteiger partial charge in [0.05, 0.1) is 18.1 Å². The third kappa shape index (κ3) is 7.24. The van der Waals surface area contributed by atoms with Crippen LogP contribution in [-0.2, 0) is 9.53 Å². The van der Waals surface area contributed by atoms with Crippen molar-refractivity contribution in [3.63, 3.8) is 0 Å². The molecule has 6 nitrogen and oxygen atoms in total. The third-order valence-corrected chi connectivity index (χ3v) is 5.03. The number of carbonyl (C=O) groups excluding carboxylic acids is 1. The third-order valence-electron chi connectivity index (χ3n) is 5.03. The van der Waals surface area contributed by atoms with Gasteiger partial charge in [-0.15, -0.1) is 24.0 Å². The normalized spacial score (nSPS) is 20.2. The van der Waals surface area contributed by atoms with Crippen LogP contribution in [0.25, 0.3) is 0 Å². The Balaban J connectivity index is 0.00000392. The molecule has 0 saturated carbocycles. The lowest BCUT2D eigenvalue weighted by Gasteiger charge is -2.32. The average Bonchev–Trinajstić information content (AvgIpc) is 2.65. The summed E-state index contributed by atoms with van der Waals surface area (Å²) in [6.07, 6.45) is 2.27. The summed E-state index contributed by atoms with van der Waals surface area (Å²) in [6, 6.07) is 8.59. The summed E-state index contributed by atoms with van der Waals surface area (Å²) in [5, 5.41) is 6.66. The van der Waals surface area contributed by atoms with E-state index < -0.39 is 5.41 Å². The van der Waals surface area contributed by atoms with E-state index in [0.29, 0.717) is 18.4 Å². The average molecular weight is 502 g/mol. The summed E-state index contributed by atoms with van der Waals surface area (Å²) in [5.74, 6) is 0.733. The Bertz CT molecular complexity index is 646. The maximum Gasteiger partial charge on any atom is 0.224 e. The van der Waals surface area contributed by atoms with Gasteiger partial charge >= 0.3 is 0 Å². The molecular formula is C21H35IN4O2. The van der Waals surface area contributed by atoms with Crippen LogP contribution in [0, 0.1) is 18.3 Å². The standard InChI is InChI=1S/C21H34N4O2.HI/c1-5-23-20(25-14-21(3,4)19(22)26)24-13-17-7-6-12-27-18(17)16-10-8-15(2)9-11-16;/h8-11,17-18H,5-7,12-14H2,1-4H3,(H2,22,26)(H2,23,24,25);1H. The lowest BCUT2D eigenvalue weighted by atomic mass is 9.89. The summed E-state index contributed by atoms with van der Waals surface area (Å²) in [7, 11) is 0. The van der Waals surface area contributed by atoms with Crippen molar-refractivity contribution in [1.82, 2.24) is 10.6 Å². The van der Waals surface area contributed by atoms with E-state index in [2.05, 4.69) is 46.8 Å². The number of guanidine groups is 1. The Labute approximate surface area is 186 Å². The highest BCUT2D eigenvalue weighted by atomic mass is 127. The van der Waals surface area contributed by atoms with Crippen LogP contribution in [0.5, 0.6) is 0 Å². The molecule has 1 amide bonds. The number of nitrogens with two attached hydrogens (primary N) is 1. The van der Waals surface area contributed by atoms with Crippen molar-refractivity contribution in [2.45, 2.75) is 46.6 Å². The largest absolute Gasteiger partial charge is 0.373 e. The zero-order valence-electron chi connectivity index (χ0n) is 17.5. The van der Waals surface area contributed by atoms with Gasteiger partial charge in [-0.1, -0.05) is 29.8 Å². The molecule has 1 aromatic carbocycles. The van der Waals surface area contributed by atoms with Crippen molar-refractivity contribution in [1.29, 1.82) is 0 Å². The van der Waals surface area contributed by atoms with E-state index in [1.807, 2.05) is 20.8 Å². The van der Waals surface area contributed by atoms with Gasteiger partial charge in [-0.25, -0.2) is 0 Å². The molecular weight excluding hydrogens is 467 g/mol. The predicted octanol–water partition coefficient (Wildman–Crippen LogP) is 3.15. The van der Waals surface area contributed by atoms with Crippen LogP contribution in [0.2, 0.25) is 0 Å². The second-order valence-corrected chi connectivity index (χ2v) is 7.93. The molecule has 0 radical (unpaired) electrons. The van der Waals surface area contributed by atoms with Crippen molar-refractivity contribution in [2.24, 2.45) is 22.1 Å². The lowest BCUT2D eigenvalue weighted by molar-refractivity contribution is -0.125. The smallest absolute Gasteiger partial charge is 0.224 e. The maximum absolute atomic E-state index is 11.5. The molecule has 7 heteroatoms. The Morgan fingerprint density at radius 2 is 1.96 bits per heavy atom. The molecule has 0 bridgehead atoms. The molecule has 0 aromatic heterocycles. The van der Waals surface area contributed by atoms with Crippen LogP contribution in [0.4, 0.5) is 0 Å². The van der Waals surface area contributed by atoms with E-state index in [0.717, 1.165) is 32.5 Å². The number of hydrogen-bond acceptors (Lipinski definition) is 3. The van der Waals surface area contributed by atoms with Crippen molar-refractivity contribution < 1.29 is 9.53 Å². The minimum Gasteiger partial charge on any atom is -0.373 e. The summed E-state index contributed by atoms with van der Waals surface area (Å²) in [5.41, 5.74) is 7.26. The molecule has 1 aliphatic heterocycles. The number of hydrogen-bond donors (Lipinski definition) is 3. The SMILES string of the molecule is CCNC(=NCC(C)(C)C(N)=O)NCC1CCCOC1c1ccc(C)cc1.I. The first-order valence-electron chi connectivity index (χ1n) is 9.83. The summed E-state index contributed by atoms with van der Waals surface area (Å²) in [4.78, 5) is 16.1. The molecule has 1 heterocycles. The fourth-order valence-corrected chi connectivity index (χ4v) is 3.10. The Morgan fingerprint density at radius 3 is 2.57 bits per heavy atom. The predicted molar refractivity (Wildman–Crippen MR) is 125 cm³/mol. The first kappa shape index (κ1) is 24.7. The minimum absolute atomic E-state index is 0. The molecule has 1 aliphatic rings. The maximum atomic E-state index is 11.5. The highest BCUT2D eigenvalue weighted by Gasteiger charge is 2.28. The highest BCUT2D eigenvalue weighted by molar-refractivity contribution is 14.0. The Hall–Kier alpha value is -1.35. The van der Waals surface area contributed by atoms with Crippen LogP contribution in [0.3, 0.4) is 0 Å². The van der Waals surface area contributed by atoms with E-state index in [1.165, 1.54) is 11.1 Å². The van der Waals surface area contributed by atoms with E-state index in [4.69, 9.17) is 10.5 Å². The monoisotopic (exact) mass is 502 g/mol. The van der Waals surface area contributed by atoms with Crippen molar-refractivity contribution in [3.05, 3.63) is 35.4 Å². The molecule has 4 N–H and O–H groups in total. The van der Waals surface area contributed by atoms with Gasteiger partial charge in [-0.2, -0.15) is 0 Å². The lowest BCUT2D eigenvalue weighted by Crippen LogP contribution is -2.43. The fourth-order valence-electron chi connectivity index (χ4n) is 3.10. The molecule has 2 rings (SSSR count). The first-order valence-corrected chi connectivity index (χ1v) is 9.83. The van der Waals surface area contributed by atoms with E-state index in [1.54, 1.807) is 0 Å². The molecule has 28 heavy (non-hydrogen) atoms. The van der Waals surface area contributed by atoms with Gasteiger partial charge in [0, 0.05) is 25.6 Å². The highest BCUT2D eigenvalue weighted by Crippen LogP contribution is 2.33. The number of benzene rings is 1. The second kappa shape index (κ2) is 11.6. The number of aliphatic imine (C=N–C) groups is 1. The number of primary amides is 1. The van der Waals surface area contributed by atoms with Gasteiger partial charge in [0.2, 0.25) is 5.91 Å². The number of amides is 1. The van der Waals surface area contributed by atoms with Crippen LogP contribution < -0.4 is 16.4 Å². The molecule has 0 spiro atoms. The van der Waals surface area contributed by atoms with E-state index in [-0.39, 0.29) is 36.0 Å². The molecule has 0 aliphatic carbocycles. The quantitative estimate of drug-likeness (QED) is 0.304. The first-order chi connectivity index (χ1) is 12.8. The zero-order chi connectivity index (χ0) is 19.9. The van der Waals surface area contributed by atoms with Gasteiger partial charge in [0.25, 0.3) is 0 Å². The van der Waals surface area contributed by atoms with Crippen LogP contribution in [0.1, 0.15) is 50.8 Å². The number of ether oxygens (including phenoxy) is 1.